The first kappa shape index (κ1) is 19.1. The van der Waals surface area contributed by atoms with Crippen LogP contribution in [0.5, 0.6) is 11.6 Å². The summed E-state index contributed by atoms with van der Waals surface area (Å²) in [5.41, 5.74) is 3.20. The van der Waals surface area contributed by atoms with Gasteiger partial charge in [-0.15, -0.1) is 0 Å². The molecule has 3 rings (SSSR count). The summed E-state index contributed by atoms with van der Waals surface area (Å²) in [5.74, 6) is 0.339. The maximum Gasteiger partial charge on any atom is 0.362 e. The van der Waals surface area contributed by atoms with Crippen molar-refractivity contribution < 1.29 is 19.0 Å². The minimum atomic E-state index is -0.561. The number of rotatable bonds is 6. The topological polar surface area (TPSA) is 70.5 Å². The number of halogens is 1. The predicted molar refractivity (Wildman–Crippen MR) is 105 cm³/mol. The van der Waals surface area contributed by atoms with Crippen molar-refractivity contribution in [3.05, 3.63) is 57.7 Å². The van der Waals surface area contributed by atoms with E-state index < -0.39 is 5.97 Å². The number of carbonyl (C=O) groups excluding carboxylic acids is 1. The number of hydrogen-bond acceptors (Lipinski definition) is 6. The third kappa shape index (κ3) is 4.36. The molecule has 0 aliphatic heterocycles. The van der Waals surface area contributed by atoms with Gasteiger partial charge in [-0.3, -0.25) is 0 Å². The van der Waals surface area contributed by atoms with E-state index in [4.69, 9.17) is 14.2 Å². The molecule has 27 heavy (non-hydrogen) atoms. The molecule has 0 amide bonds. The molecule has 3 aromatic rings. The molecule has 2 aromatic carbocycles. The van der Waals surface area contributed by atoms with E-state index in [1.54, 1.807) is 14.0 Å². The van der Waals surface area contributed by atoms with Crippen molar-refractivity contribution in [2.24, 2.45) is 0 Å². The Morgan fingerprint density at radius 2 is 1.89 bits per heavy atom. The lowest BCUT2D eigenvalue weighted by Crippen LogP contribution is -2.12. The van der Waals surface area contributed by atoms with Crippen molar-refractivity contribution in [3.8, 4) is 11.6 Å². The van der Waals surface area contributed by atoms with E-state index in [9.17, 15) is 4.79 Å². The monoisotopic (exact) mass is 430 g/mol. The number of aromatic nitrogens is 2. The maximum atomic E-state index is 12.3. The molecule has 0 N–H and O–H groups in total. The fourth-order valence-electron chi connectivity index (χ4n) is 2.54. The summed E-state index contributed by atoms with van der Waals surface area (Å²) < 4.78 is 16.9. The van der Waals surface area contributed by atoms with E-state index in [0.717, 1.165) is 21.3 Å². The molecule has 1 heterocycles. The number of esters is 1. The molecule has 140 valence electrons. The van der Waals surface area contributed by atoms with Gasteiger partial charge < -0.3 is 14.2 Å². The lowest BCUT2D eigenvalue weighted by Gasteiger charge is -2.12. The summed E-state index contributed by atoms with van der Waals surface area (Å²) in [6.45, 7) is 4.17. The lowest BCUT2D eigenvalue weighted by atomic mass is 10.2. The highest BCUT2D eigenvalue weighted by Gasteiger charge is 2.20. The van der Waals surface area contributed by atoms with Gasteiger partial charge in [-0.1, -0.05) is 12.1 Å². The molecular formula is C20H19BrN2O4. The number of benzene rings is 2. The third-order valence-electron chi connectivity index (χ3n) is 3.84. The SMILES string of the molecule is CCOC(=O)c1nc2cc(C)cc(Br)c2nc1OCc1ccc(OC)cc1. The van der Waals surface area contributed by atoms with Crippen molar-refractivity contribution in [1.82, 2.24) is 9.97 Å². The summed E-state index contributed by atoms with van der Waals surface area (Å²) in [5, 5.41) is 0. The Labute approximate surface area is 165 Å². The van der Waals surface area contributed by atoms with Gasteiger partial charge in [0.15, 0.2) is 0 Å². The number of aryl methyl sites for hydroxylation is 1. The molecule has 1 aromatic heterocycles. The van der Waals surface area contributed by atoms with Gasteiger partial charge in [0.05, 0.1) is 19.2 Å². The Hall–Kier alpha value is -2.67. The van der Waals surface area contributed by atoms with Crippen molar-refractivity contribution in [3.63, 3.8) is 0 Å². The van der Waals surface area contributed by atoms with Gasteiger partial charge in [0, 0.05) is 4.47 Å². The van der Waals surface area contributed by atoms with Crippen LogP contribution in [0.25, 0.3) is 11.0 Å². The normalized spacial score (nSPS) is 10.7. The van der Waals surface area contributed by atoms with Crippen LogP contribution in [-0.2, 0) is 11.3 Å². The van der Waals surface area contributed by atoms with Crippen molar-refractivity contribution >= 4 is 32.9 Å². The van der Waals surface area contributed by atoms with Crippen LogP contribution in [0.1, 0.15) is 28.5 Å². The highest BCUT2D eigenvalue weighted by atomic mass is 79.9. The van der Waals surface area contributed by atoms with Crippen LogP contribution in [-0.4, -0.2) is 29.7 Å². The van der Waals surface area contributed by atoms with Gasteiger partial charge >= 0.3 is 5.97 Å². The second-order valence-electron chi connectivity index (χ2n) is 5.85. The smallest absolute Gasteiger partial charge is 0.362 e. The van der Waals surface area contributed by atoms with Crippen LogP contribution < -0.4 is 9.47 Å². The van der Waals surface area contributed by atoms with Crippen molar-refractivity contribution in [2.45, 2.75) is 20.5 Å². The number of carbonyl (C=O) groups is 1. The summed E-state index contributed by atoms with van der Waals surface area (Å²) in [6, 6.07) is 11.3. The van der Waals surface area contributed by atoms with Gasteiger partial charge in [0.1, 0.15) is 17.9 Å². The van der Waals surface area contributed by atoms with E-state index in [0.29, 0.717) is 11.0 Å². The second kappa shape index (κ2) is 8.35. The van der Waals surface area contributed by atoms with E-state index in [1.807, 2.05) is 43.3 Å². The second-order valence-corrected chi connectivity index (χ2v) is 6.70. The molecule has 0 radical (unpaired) electrons. The van der Waals surface area contributed by atoms with Crippen molar-refractivity contribution in [1.29, 1.82) is 0 Å². The molecule has 6 nitrogen and oxygen atoms in total. The summed E-state index contributed by atoms with van der Waals surface area (Å²) in [6.07, 6.45) is 0. The van der Waals surface area contributed by atoms with Crippen LogP contribution in [0.3, 0.4) is 0 Å². The molecule has 0 aliphatic rings. The Balaban J connectivity index is 1.97. The van der Waals surface area contributed by atoms with E-state index in [1.165, 1.54) is 0 Å². The zero-order valence-corrected chi connectivity index (χ0v) is 16.9. The molecule has 0 aliphatic carbocycles. The summed E-state index contributed by atoms with van der Waals surface area (Å²) in [7, 11) is 1.61. The highest BCUT2D eigenvalue weighted by molar-refractivity contribution is 9.10. The fraction of sp³-hybridized carbons (Fsp3) is 0.250. The molecule has 0 bridgehead atoms. The van der Waals surface area contributed by atoms with E-state index >= 15 is 0 Å². The minimum absolute atomic E-state index is 0.0651. The Morgan fingerprint density at radius 3 is 2.56 bits per heavy atom. The van der Waals surface area contributed by atoms with Gasteiger partial charge in [0.25, 0.3) is 0 Å². The van der Waals surface area contributed by atoms with E-state index in [-0.39, 0.29) is 24.8 Å². The lowest BCUT2D eigenvalue weighted by molar-refractivity contribution is 0.0513. The summed E-state index contributed by atoms with van der Waals surface area (Å²) >= 11 is 3.50. The predicted octanol–water partition coefficient (Wildman–Crippen LogP) is 4.47. The van der Waals surface area contributed by atoms with E-state index in [2.05, 4.69) is 25.9 Å². The molecule has 0 saturated carbocycles. The van der Waals surface area contributed by atoms with Crippen LogP contribution in [0.15, 0.2) is 40.9 Å². The Morgan fingerprint density at radius 1 is 1.15 bits per heavy atom. The fourth-order valence-corrected chi connectivity index (χ4v) is 3.19. The highest BCUT2D eigenvalue weighted by Crippen LogP contribution is 2.27. The maximum absolute atomic E-state index is 12.3. The standard InChI is InChI=1S/C20H19BrN2O4/c1-4-26-20(24)18-19(27-11-13-5-7-14(25-3)8-6-13)23-17-15(21)9-12(2)10-16(17)22-18/h5-10H,4,11H2,1-3H3. The Bertz CT molecular complexity index is 974. The number of nitrogens with zero attached hydrogens (tertiary/aromatic N) is 2. The zero-order valence-electron chi connectivity index (χ0n) is 15.3. The van der Waals surface area contributed by atoms with Crippen LogP contribution >= 0.6 is 15.9 Å². The molecule has 0 spiro atoms. The van der Waals surface area contributed by atoms with Crippen LogP contribution in [0.4, 0.5) is 0 Å². The quantitative estimate of drug-likeness (QED) is 0.537. The largest absolute Gasteiger partial charge is 0.497 e. The molecule has 7 heteroatoms. The third-order valence-corrected chi connectivity index (χ3v) is 4.44. The summed E-state index contributed by atoms with van der Waals surface area (Å²) in [4.78, 5) is 21.3. The average molecular weight is 431 g/mol. The zero-order chi connectivity index (χ0) is 19.4. The first-order chi connectivity index (χ1) is 13.0. The molecule has 0 saturated heterocycles. The molecule has 0 unspecified atom stereocenters. The molecular weight excluding hydrogens is 412 g/mol. The van der Waals surface area contributed by atoms with Gasteiger partial charge in [-0.05, 0) is 65.2 Å². The first-order valence-corrected chi connectivity index (χ1v) is 9.22. The number of hydrogen-bond donors (Lipinski definition) is 0. The first-order valence-electron chi connectivity index (χ1n) is 8.42. The molecule has 0 fully saturated rings. The van der Waals surface area contributed by atoms with Gasteiger partial charge in [-0.25, -0.2) is 14.8 Å². The van der Waals surface area contributed by atoms with Gasteiger partial charge in [-0.2, -0.15) is 0 Å². The molecule has 0 atom stereocenters. The minimum Gasteiger partial charge on any atom is -0.497 e. The number of methoxy groups -OCH3 is 1. The average Bonchev–Trinajstić information content (AvgIpc) is 2.66. The van der Waals surface area contributed by atoms with Gasteiger partial charge in [0.2, 0.25) is 11.6 Å². The Kier molecular flexibility index (Phi) is 5.91. The van der Waals surface area contributed by atoms with Crippen molar-refractivity contribution in [2.75, 3.05) is 13.7 Å². The number of ether oxygens (including phenoxy) is 3. The number of fused-ring (bicyclic) bond motifs is 1. The van der Waals surface area contributed by atoms with Crippen LogP contribution in [0.2, 0.25) is 0 Å². The van der Waals surface area contributed by atoms with Crippen LogP contribution in [0, 0.1) is 6.92 Å².